The van der Waals surface area contributed by atoms with Crippen LogP contribution in [0, 0.1) is 27.7 Å². The highest BCUT2D eigenvalue weighted by Gasteiger charge is 2.22. The van der Waals surface area contributed by atoms with Gasteiger partial charge in [0.2, 0.25) is 0 Å². The van der Waals surface area contributed by atoms with Gasteiger partial charge in [0.15, 0.2) is 0 Å². The topological polar surface area (TPSA) is 9.86 Å². The Morgan fingerprint density at radius 3 is 0.797 bits per heavy atom. The lowest BCUT2D eigenvalue weighted by atomic mass is 9.84. The molecular weight excluding hydrogens is 773 g/mol. The molecule has 0 aliphatic carbocycles. The molecule has 306 valence electrons. The molecule has 0 N–H and O–H groups in total. The maximum atomic E-state index is 2.45. The SMILES string of the molecule is Cc1cc(C)cc(-c2c3ccc(-n4c(-c5ccccc5)ccc4-c4ccccc4)cc3c(-c3cc(C)cc(C)c3)c3ccc(-n4c(-c5ccccc5)ccc4-c4ccccc4)cc23)c1. The molecular formula is C62H48N2. The second-order valence-electron chi connectivity index (χ2n) is 17.3. The first-order valence-corrected chi connectivity index (χ1v) is 22.2. The van der Waals surface area contributed by atoms with Crippen LogP contribution in [0.5, 0.6) is 0 Å². The summed E-state index contributed by atoms with van der Waals surface area (Å²) in [4.78, 5) is 0. The molecule has 2 nitrogen and oxygen atoms in total. The predicted molar refractivity (Wildman–Crippen MR) is 272 cm³/mol. The predicted octanol–water partition coefficient (Wildman–Crippen LogP) is 16.8. The molecule has 0 bridgehead atoms. The number of nitrogens with zero attached hydrogens (tertiary/aromatic N) is 2. The van der Waals surface area contributed by atoms with Crippen molar-refractivity contribution in [2.45, 2.75) is 27.7 Å². The van der Waals surface area contributed by atoms with E-state index in [4.69, 9.17) is 0 Å². The summed E-state index contributed by atoms with van der Waals surface area (Å²) >= 11 is 0. The molecule has 11 rings (SSSR count). The smallest absolute Gasteiger partial charge is 0.0535 e. The van der Waals surface area contributed by atoms with Crippen molar-refractivity contribution in [3.63, 3.8) is 0 Å². The van der Waals surface area contributed by atoms with Crippen molar-refractivity contribution in [2.75, 3.05) is 0 Å². The summed E-state index contributed by atoms with van der Waals surface area (Å²) in [6, 6.07) is 80.5. The van der Waals surface area contributed by atoms with E-state index in [2.05, 4.69) is 255 Å². The Morgan fingerprint density at radius 2 is 0.516 bits per heavy atom. The molecule has 0 atom stereocenters. The molecule has 64 heavy (non-hydrogen) atoms. The minimum absolute atomic E-state index is 1.12. The zero-order valence-electron chi connectivity index (χ0n) is 36.7. The summed E-state index contributed by atoms with van der Waals surface area (Å²) in [6.07, 6.45) is 0. The molecule has 9 aromatic carbocycles. The fourth-order valence-corrected chi connectivity index (χ4v) is 10.1. The average molecular weight is 821 g/mol. The van der Waals surface area contributed by atoms with Crippen molar-refractivity contribution in [1.29, 1.82) is 0 Å². The quantitative estimate of drug-likeness (QED) is 0.135. The van der Waals surface area contributed by atoms with Gasteiger partial charge >= 0.3 is 0 Å². The molecule has 0 spiro atoms. The average Bonchev–Trinajstić information content (AvgIpc) is 3.97. The molecule has 0 fully saturated rings. The second kappa shape index (κ2) is 16.1. The zero-order valence-corrected chi connectivity index (χ0v) is 36.7. The van der Waals surface area contributed by atoms with Gasteiger partial charge < -0.3 is 9.13 Å². The molecule has 0 aliphatic heterocycles. The lowest BCUT2D eigenvalue weighted by molar-refractivity contribution is 1.10. The van der Waals surface area contributed by atoms with Gasteiger partial charge in [0.1, 0.15) is 0 Å². The number of rotatable bonds is 8. The Balaban J connectivity index is 1.27. The van der Waals surface area contributed by atoms with Crippen LogP contribution >= 0.6 is 0 Å². The van der Waals surface area contributed by atoms with Crippen LogP contribution < -0.4 is 0 Å². The van der Waals surface area contributed by atoms with Crippen LogP contribution in [0.15, 0.2) is 218 Å². The molecule has 0 aliphatic rings. The number of fused-ring (bicyclic) bond motifs is 2. The maximum Gasteiger partial charge on any atom is 0.0535 e. The van der Waals surface area contributed by atoms with E-state index >= 15 is 0 Å². The summed E-state index contributed by atoms with van der Waals surface area (Å²) in [5.41, 5.74) is 21.5. The van der Waals surface area contributed by atoms with E-state index in [9.17, 15) is 0 Å². The van der Waals surface area contributed by atoms with Gasteiger partial charge in [-0.05, 0) is 142 Å². The van der Waals surface area contributed by atoms with Gasteiger partial charge in [0.25, 0.3) is 0 Å². The number of aryl methyl sites for hydroxylation is 4. The third-order valence-electron chi connectivity index (χ3n) is 12.7. The summed E-state index contributed by atoms with van der Waals surface area (Å²) in [7, 11) is 0. The van der Waals surface area contributed by atoms with E-state index in [1.54, 1.807) is 0 Å². The van der Waals surface area contributed by atoms with Crippen molar-refractivity contribution >= 4 is 21.5 Å². The Morgan fingerprint density at radius 1 is 0.234 bits per heavy atom. The normalized spacial score (nSPS) is 11.4. The van der Waals surface area contributed by atoms with Gasteiger partial charge in [-0.1, -0.05) is 192 Å². The van der Waals surface area contributed by atoms with Crippen LogP contribution in [0.4, 0.5) is 0 Å². The van der Waals surface area contributed by atoms with Gasteiger partial charge in [0.05, 0.1) is 22.8 Å². The molecule has 0 radical (unpaired) electrons. The molecule has 0 amide bonds. The number of hydrogen-bond donors (Lipinski definition) is 0. The van der Waals surface area contributed by atoms with E-state index in [-0.39, 0.29) is 0 Å². The molecule has 2 heteroatoms. The molecule has 0 saturated heterocycles. The summed E-state index contributed by atoms with van der Waals surface area (Å²) in [6.45, 7) is 8.87. The van der Waals surface area contributed by atoms with Gasteiger partial charge in [-0.25, -0.2) is 0 Å². The Labute approximate surface area is 376 Å². The second-order valence-corrected chi connectivity index (χ2v) is 17.3. The van der Waals surface area contributed by atoms with Gasteiger partial charge in [-0.2, -0.15) is 0 Å². The third kappa shape index (κ3) is 6.94. The van der Waals surface area contributed by atoms with Crippen LogP contribution in [0.1, 0.15) is 22.3 Å². The highest BCUT2D eigenvalue weighted by molar-refractivity contribution is 6.22. The largest absolute Gasteiger partial charge is 0.309 e. The fourth-order valence-electron chi connectivity index (χ4n) is 10.1. The number of hydrogen-bond acceptors (Lipinski definition) is 0. The lowest BCUT2D eigenvalue weighted by Crippen LogP contribution is -2.02. The highest BCUT2D eigenvalue weighted by atomic mass is 15.0. The van der Waals surface area contributed by atoms with Crippen LogP contribution in [-0.4, -0.2) is 9.13 Å². The minimum atomic E-state index is 1.12. The molecule has 0 saturated carbocycles. The maximum absolute atomic E-state index is 2.45. The molecule has 11 aromatic rings. The summed E-state index contributed by atoms with van der Waals surface area (Å²) in [5.74, 6) is 0. The van der Waals surface area contributed by atoms with E-state index in [1.165, 1.54) is 88.3 Å². The van der Waals surface area contributed by atoms with Crippen molar-refractivity contribution in [2.24, 2.45) is 0 Å². The standard InChI is InChI=1S/C62H48N2/c1-41-33-42(2)36-49(35-41)61-53-27-25-52(64-59(47-21-13-7-14-22-47)31-32-60(64)48-23-15-8-16-24-48)40-56(53)62(50-37-43(3)34-44(4)38-50)54-28-26-51(39-55(54)61)63-57(45-17-9-5-10-18-45)29-30-58(63)46-19-11-6-12-20-46/h5-40H,1-4H3. The van der Waals surface area contributed by atoms with E-state index in [1.807, 2.05) is 0 Å². The zero-order chi connectivity index (χ0) is 43.3. The van der Waals surface area contributed by atoms with Crippen LogP contribution in [0.2, 0.25) is 0 Å². The van der Waals surface area contributed by atoms with Gasteiger partial charge in [-0.15, -0.1) is 0 Å². The Bertz CT molecular complexity index is 3110. The van der Waals surface area contributed by atoms with Crippen molar-refractivity contribution in [3.05, 3.63) is 241 Å². The van der Waals surface area contributed by atoms with Crippen LogP contribution in [0.25, 0.3) is 100 Å². The Hall–Kier alpha value is -7.94. The van der Waals surface area contributed by atoms with Crippen LogP contribution in [0.3, 0.4) is 0 Å². The van der Waals surface area contributed by atoms with Crippen molar-refractivity contribution in [3.8, 4) is 78.7 Å². The van der Waals surface area contributed by atoms with Gasteiger partial charge in [0, 0.05) is 11.4 Å². The van der Waals surface area contributed by atoms with Crippen molar-refractivity contribution in [1.82, 2.24) is 9.13 Å². The Kier molecular flexibility index (Phi) is 9.78. The minimum Gasteiger partial charge on any atom is -0.309 e. The summed E-state index contributed by atoms with van der Waals surface area (Å²) < 4.78 is 4.89. The summed E-state index contributed by atoms with van der Waals surface area (Å²) in [5, 5.41) is 4.89. The lowest BCUT2D eigenvalue weighted by Gasteiger charge is -2.22. The molecule has 2 heterocycles. The number of aromatic nitrogens is 2. The van der Waals surface area contributed by atoms with Crippen molar-refractivity contribution < 1.29 is 0 Å². The number of benzene rings is 9. The first-order valence-electron chi connectivity index (χ1n) is 22.2. The molecule has 0 unspecified atom stereocenters. The van der Waals surface area contributed by atoms with E-state index in [0.29, 0.717) is 0 Å². The van der Waals surface area contributed by atoms with E-state index < -0.39 is 0 Å². The molecule has 2 aromatic heterocycles. The highest BCUT2D eigenvalue weighted by Crippen LogP contribution is 2.47. The fraction of sp³-hybridized carbons (Fsp3) is 0.0645. The van der Waals surface area contributed by atoms with Crippen LogP contribution in [-0.2, 0) is 0 Å². The first-order chi connectivity index (χ1) is 31.4. The monoisotopic (exact) mass is 820 g/mol. The van der Waals surface area contributed by atoms with Gasteiger partial charge in [-0.3, -0.25) is 0 Å². The first kappa shape index (κ1) is 38.9. The van der Waals surface area contributed by atoms with E-state index in [0.717, 1.165) is 34.2 Å². The third-order valence-corrected chi connectivity index (χ3v) is 12.7.